The largest absolute Gasteiger partial charge is 0.356 e. The fourth-order valence-corrected chi connectivity index (χ4v) is 5.18. The lowest BCUT2D eigenvalue weighted by atomic mass is 9.76. The molecule has 0 aromatic heterocycles. The molecule has 6 heteroatoms. The van der Waals surface area contributed by atoms with E-state index in [4.69, 9.17) is 5.10 Å². The molecule has 1 aliphatic carbocycles. The van der Waals surface area contributed by atoms with Gasteiger partial charge in [-0.3, -0.25) is 14.6 Å². The molecule has 3 aliphatic rings. The fraction of sp³-hybridized carbons (Fsp3) is 0.857. The van der Waals surface area contributed by atoms with Crippen molar-refractivity contribution < 1.29 is 9.59 Å². The Labute approximate surface area is 163 Å². The van der Waals surface area contributed by atoms with E-state index in [1.54, 1.807) is 0 Å². The van der Waals surface area contributed by atoms with Crippen molar-refractivity contribution in [2.45, 2.75) is 96.1 Å². The van der Waals surface area contributed by atoms with Crippen molar-refractivity contribution in [2.24, 2.45) is 11.0 Å². The van der Waals surface area contributed by atoms with E-state index < -0.39 is 0 Å². The van der Waals surface area contributed by atoms with Crippen molar-refractivity contribution in [3.8, 4) is 0 Å². The molecule has 0 bridgehead atoms. The third-order valence-corrected chi connectivity index (χ3v) is 6.57. The van der Waals surface area contributed by atoms with Crippen molar-refractivity contribution in [3.63, 3.8) is 0 Å². The molecule has 0 radical (unpaired) electrons. The van der Waals surface area contributed by atoms with Crippen molar-refractivity contribution in [3.05, 3.63) is 0 Å². The summed E-state index contributed by atoms with van der Waals surface area (Å²) in [5, 5.41) is 13.2. The Balaban J connectivity index is 1.70. The summed E-state index contributed by atoms with van der Waals surface area (Å²) in [6.07, 6.45) is 11.2. The Bertz CT molecular complexity index is 577. The maximum absolute atomic E-state index is 12.8. The van der Waals surface area contributed by atoms with Crippen molar-refractivity contribution in [1.29, 1.82) is 0 Å². The number of piperidine rings is 1. The lowest BCUT2D eigenvalue weighted by Crippen LogP contribution is -2.54. The molecule has 3 atom stereocenters. The molecule has 0 unspecified atom stereocenters. The molecule has 6 nitrogen and oxygen atoms in total. The highest BCUT2D eigenvalue weighted by Crippen LogP contribution is 2.52. The average molecular weight is 377 g/mol. The van der Waals surface area contributed by atoms with Gasteiger partial charge in [0.25, 0.3) is 5.91 Å². The third kappa shape index (κ3) is 4.14. The molecule has 0 aromatic rings. The van der Waals surface area contributed by atoms with E-state index in [-0.39, 0.29) is 29.3 Å². The number of nitrogens with one attached hydrogen (secondary N) is 2. The Morgan fingerprint density at radius 1 is 1.07 bits per heavy atom. The van der Waals surface area contributed by atoms with Gasteiger partial charge in [-0.25, -0.2) is 0 Å². The van der Waals surface area contributed by atoms with Crippen LogP contribution in [-0.2, 0) is 9.59 Å². The first-order chi connectivity index (χ1) is 13.1. The van der Waals surface area contributed by atoms with Crippen LogP contribution in [0, 0.1) is 5.92 Å². The van der Waals surface area contributed by atoms with Gasteiger partial charge >= 0.3 is 0 Å². The van der Waals surface area contributed by atoms with Crippen molar-refractivity contribution in [2.75, 3.05) is 13.1 Å². The third-order valence-electron chi connectivity index (χ3n) is 6.57. The highest BCUT2D eigenvalue weighted by Gasteiger charge is 2.58. The van der Waals surface area contributed by atoms with Gasteiger partial charge in [0.1, 0.15) is 5.71 Å². The Morgan fingerprint density at radius 3 is 2.44 bits per heavy atom. The first kappa shape index (κ1) is 20.2. The topological polar surface area (TPSA) is 73.8 Å². The minimum Gasteiger partial charge on any atom is -0.356 e. The van der Waals surface area contributed by atoms with E-state index in [0.29, 0.717) is 6.42 Å². The number of carbonyl (C=O) groups is 2. The van der Waals surface area contributed by atoms with Gasteiger partial charge in [-0.1, -0.05) is 33.1 Å². The number of carbonyl (C=O) groups excluding carboxylic acids is 2. The number of amides is 2. The van der Waals surface area contributed by atoms with Crippen LogP contribution >= 0.6 is 0 Å². The predicted octanol–water partition coefficient (Wildman–Crippen LogP) is 2.97. The SMILES string of the molecule is CCCCNC(=O)C[C@H]1CCC[C@@]23CCC[C@@H]2C(C(=O)NCCCC)=NN13. The Hall–Kier alpha value is -1.59. The quantitative estimate of drug-likeness (QED) is 0.608. The lowest BCUT2D eigenvalue weighted by Gasteiger charge is -2.46. The van der Waals surface area contributed by atoms with Gasteiger partial charge in [0.2, 0.25) is 5.91 Å². The Morgan fingerprint density at radius 2 is 1.74 bits per heavy atom. The Kier molecular flexibility index (Phi) is 6.77. The zero-order valence-corrected chi connectivity index (χ0v) is 17.1. The second kappa shape index (κ2) is 9.07. The van der Waals surface area contributed by atoms with Crippen molar-refractivity contribution in [1.82, 2.24) is 15.6 Å². The summed E-state index contributed by atoms with van der Waals surface area (Å²) >= 11 is 0. The van der Waals surface area contributed by atoms with E-state index in [2.05, 4.69) is 29.5 Å². The normalized spacial score (nSPS) is 29.1. The van der Waals surface area contributed by atoms with Crippen LogP contribution in [0.4, 0.5) is 0 Å². The van der Waals surface area contributed by atoms with Gasteiger partial charge in [-0.2, -0.15) is 5.10 Å². The first-order valence-electron chi connectivity index (χ1n) is 11.0. The summed E-state index contributed by atoms with van der Waals surface area (Å²) in [5.41, 5.74) is 0.714. The number of unbranched alkanes of at least 4 members (excludes halogenated alkanes) is 2. The lowest BCUT2D eigenvalue weighted by molar-refractivity contribution is -0.123. The smallest absolute Gasteiger partial charge is 0.267 e. The maximum atomic E-state index is 12.8. The summed E-state index contributed by atoms with van der Waals surface area (Å²) in [6, 6.07) is 0.127. The van der Waals surface area contributed by atoms with Gasteiger partial charge in [0.15, 0.2) is 0 Å². The molecule has 1 saturated carbocycles. The molecule has 152 valence electrons. The summed E-state index contributed by atoms with van der Waals surface area (Å²) < 4.78 is 0. The standard InChI is InChI=1S/C21H36N4O2/c1-3-5-13-22-18(26)15-16-9-7-11-21-12-8-10-17(21)19(24-25(16)21)20(27)23-14-6-4-2/h16-17H,3-15H2,1-2H3,(H,22,26)(H,23,27)/t16-,17-,21-/m1/s1. The van der Waals surface area contributed by atoms with Gasteiger partial charge in [-0.05, 0) is 44.9 Å². The van der Waals surface area contributed by atoms with Crippen LogP contribution in [0.5, 0.6) is 0 Å². The molecular weight excluding hydrogens is 340 g/mol. The van der Waals surface area contributed by atoms with Crippen LogP contribution in [0.25, 0.3) is 0 Å². The monoisotopic (exact) mass is 376 g/mol. The van der Waals surface area contributed by atoms with Crippen LogP contribution in [-0.4, -0.2) is 47.2 Å². The van der Waals surface area contributed by atoms with Gasteiger partial charge in [0, 0.05) is 25.4 Å². The molecular formula is C21H36N4O2. The summed E-state index contributed by atoms with van der Waals surface area (Å²) in [7, 11) is 0. The van der Waals surface area contributed by atoms with Crippen molar-refractivity contribution >= 4 is 17.5 Å². The second-order valence-electron chi connectivity index (χ2n) is 8.44. The van der Waals surface area contributed by atoms with Crippen LogP contribution < -0.4 is 10.6 Å². The maximum Gasteiger partial charge on any atom is 0.267 e. The molecule has 27 heavy (non-hydrogen) atoms. The number of hydrogen-bond acceptors (Lipinski definition) is 4. The zero-order valence-electron chi connectivity index (χ0n) is 17.1. The minimum absolute atomic E-state index is 0.00951. The van der Waals surface area contributed by atoms with Gasteiger partial charge in [-0.15, -0.1) is 0 Å². The molecule has 2 N–H and O–H groups in total. The van der Waals surface area contributed by atoms with Crippen LogP contribution in [0.2, 0.25) is 0 Å². The molecule has 1 saturated heterocycles. The van der Waals surface area contributed by atoms with E-state index >= 15 is 0 Å². The molecule has 0 aromatic carbocycles. The summed E-state index contributed by atoms with van der Waals surface area (Å²) in [6.45, 7) is 5.73. The zero-order chi connectivity index (χ0) is 19.3. The molecule has 2 amide bonds. The highest BCUT2D eigenvalue weighted by atomic mass is 16.2. The van der Waals surface area contributed by atoms with Crippen LogP contribution in [0.3, 0.4) is 0 Å². The van der Waals surface area contributed by atoms with E-state index in [1.165, 1.54) is 0 Å². The molecule has 2 aliphatic heterocycles. The predicted molar refractivity (Wildman–Crippen MR) is 107 cm³/mol. The number of hydrazone groups is 1. The van der Waals surface area contributed by atoms with Crippen LogP contribution in [0.15, 0.2) is 5.10 Å². The van der Waals surface area contributed by atoms with E-state index in [0.717, 1.165) is 83.0 Å². The minimum atomic E-state index is -0.00988. The number of rotatable bonds is 9. The van der Waals surface area contributed by atoms with E-state index in [9.17, 15) is 9.59 Å². The van der Waals surface area contributed by atoms with Gasteiger partial charge < -0.3 is 10.6 Å². The number of nitrogens with zero attached hydrogens (tertiary/aromatic N) is 2. The van der Waals surface area contributed by atoms with E-state index in [1.807, 2.05) is 0 Å². The molecule has 3 rings (SSSR count). The molecule has 2 heterocycles. The summed E-state index contributed by atoms with van der Waals surface area (Å²) in [4.78, 5) is 25.1. The molecule has 2 fully saturated rings. The average Bonchev–Trinajstić information content (AvgIpc) is 3.19. The second-order valence-corrected chi connectivity index (χ2v) is 8.44. The first-order valence-corrected chi connectivity index (χ1v) is 11.0. The van der Waals surface area contributed by atoms with Gasteiger partial charge in [0.05, 0.1) is 11.6 Å². The fourth-order valence-electron chi connectivity index (χ4n) is 5.18. The van der Waals surface area contributed by atoms with Crippen LogP contribution in [0.1, 0.15) is 84.5 Å². The molecule has 1 spiro atoms. The summed E-state index contributed by atoms with van der Waals surface area (Å²) in [5.74, 6) is 0.372. The highest BCUT2D eigenvalue weighted by molar-refractivity contribution is 6.40. The number of hydrogen-bond donors (Lipinski definition) is 2.